The summed E-state index contributed by atoms with van der Waals surface area (Å²) in [5, 5.41) is 6.65. The first-order valence-electron chi connectivity index (χ1n) is 7.32. The quantitative estimate of drug-likeness (QED) is 0.868. The van der Waals surface area contributed by atoms with Crippen LogP contribution < -0.4 is 10.6 Å². The molecule has 0 saturated carbocycles. The second kappa shape index (κ2) is 5.33. The van der Waals surface area contributed by atoms with Gasteiger partial charge in [0.2, 0.25) is 5.91 Å². The van der Waals surface area contributed by atoms with Crippen molar-refractivity contribution in [3.8, 4) is 0 Å². The third-order valence-corrected chi connectivity index (χ3v) is 4.59. The number of carbonyl (C=O) groups is 1. The van der Waals surface area contributed by atoms with Crippen LogP contribution >= 0.6 is 0 Å². The zero-order valence-corrected chi connectivity index (χ0v) is 11.4. The monoisotopic (exact) mass is 258 g/mol. The van der Waals surface area contributed by atoms with Crippen LogP contribution in [0.25, 0.3) is 0 Å². The summed E-state index contributed by atoms with van der Waals surface area (Å²) in [5.41, 5.74) is 1.29. The smallest absolute Gasteiger partial charge is 0.224 e. The van der Waals surface area contributed by atoms with Crippen LogP contribution in [0.4, 0.5) is 0 Å². The highest BCUT2D eigenvalue weighted by Crippen LogP contribution is 2.33. The Kier molecular flexibility index (Phi) is 3.56. The van der Waals surface area contributed by atoms with Gasteiger partial charge in [-0.2, -0.15) is 0 Å². The zero-order valence-electron chi connectivity index (χ0n) is 11.4. The molecule has 2 fully saturated rings. The predicted octanol–water partition coefficient (Wildman–Crippen LogP) is 2.05. The number of carbonyl (C=O) groups excluding carboxylic acids is 1. The molecule has 1 amide bonds. The van der Waals surface area contributed by atoms with E-state index < -0.39 is 0 Å². The van der Waals surface area contributed by atoms with Crippen molar-refractivity contribution in [2.45, 2.75) is 44.2 Å². The molecule has 1 aromatic carbocycles. The van der Waals surface area contributed by atoms with Gasteiger partial charge >= 0.3 is 0 Å². The van der Waals surface area contributed by atoms with E-state index in [-0.39, 0.29) is 11.8 Å². The number of rotatable bonds is 4. The van der Waals surface area contributed by atoms with Crippen molar-refractivity contribution in [2.75, 3.05) is 6.54 Å². The van der Waals surface area contributed by atoms with Gasteiger partial charge in [-0.1, -0.05) is 37.3 Å². The summed E-state index contributed by atoms with van der Waals surface area (Å²) in [6.45, 7) is 2.89. The molecule has 0 aliphatic carbocycles. The summed E-state index contributed by atoms with van der Waals surface area (Å²) >= 11 is 0. The van der Waals surface area contributed by atoms with E-state index in [2.05, 4.69) is 29.7 Å². The number of benzene rings is 1. The normalized spacial score (nSPS) is 30.3. The summed E-state index contributed by atoms with van der Waals surface area (Å²) < 4.78 is 0. The Bertz CT molecular complexity index is 445. The highest BCUT2D eigenvalue weighted by Gasteiger charge is 2.42. The lowest BCUT2D eigenvalue weighted by Crippen LogP contribution is -2.38. The standard InChI is InChI=1S/C16H22N2O/c1-11(12-5-3-2-4-6-12)10-17-16(19)14-9-13-7-8-15(14)18-13/h2-6,11,13-15,18H,7-10H2,1H3,(H,17,19). The van der Waals surface area contributed by atoms with Gasteiger partial charge in [0.1, 0.15) is 0 Å². The third-order valence-electron chi connectivity index (χ3n) is 4.59. The maximum absolute atomic E-state index is 12.2. The van der Waals surface area contributed by atoms with E-state index in [1.807, 2.05) is 18.2 Å². The van der Waals surface area contributed by atoms with Gasteiger partial charge in [0.05, 0.1) is 5.92 Å². The van der Waals surface area contributed by atoms with Gasteiger partial charge in [0.25, 0.3) is 0 Å². The van der Waals surface area contributed by atoms with Crippen LogP contribution in [0.2, 0.25) is 0 Å². The number of hydrogen-bond donors (Lipinski definition) is 2. The fraction of sp³-hybridized carbons (Fsp3) is 0.562. The summed E-state index contributed by atoms with van der Waals surface area (Å²) in [7, 11) is 0. The van der Waals surface area contributed by atoms with Gasteiger partial charge < -0.3 is 10.6 Å². The van der Waals surface area contributed by atoms with Crippen molar-refractivity contribution in [1.29, 1.82) is 0 Å². The third kappa shape index (κ3) is 2.66. The molecule has 0 aromatic heterocycles. The Hall–Kier alpha value is -1.35. The van der Waals surface area contributed by atoms with Gasteiger partial charge in [-0.3, -0.25) is 4.79 Å². The minimum atomic E-state index is 0.196. The molecule has 4 atom stereocenters. The molecule has 1 aromatic rings. The van der Waals surface area contributed by atoms with Crippen LogP contribution in [0.5, 0.6) is 0 Å². The second-order valence-corrected chi connectivity index (χ2v) is 5.95. The Morgan fingerprint density at radius 3 is 2.79 bits per heavy atom. The van der Waals surface area contributed by atoms with Crippen molar-refractivity contribution >= 4 is 5.91 Å². The lowest BCUT2D eigenvalue weighted by molar-refractivity contribution is -0.125. The predicted molar refractivity (Wildman–Crippen MR) is 75.9 cm³/mol. The fourth-order valence-corrected chi connectivity index (χ4v) is 3.40. The minimum absolute atomic E-state index is 0.196. The van der Waals surface area contributed by atoms with E-state index in [9.17, 15) is 4.79 Å². The number of fused-ring (bicyclic) bond motifs is 2. The highest BCUT2D eigenvalue weighted by molar-refractivity contribution is 5.80. The van der Waals surface area contributed by atoms with Gasteiger partial charge in [0.15, 0.2) is 0 Å². The van der Waals surface area contributed by atoms with Crippen molar-refractivity contribution in [2.24, 2.45) is 5.92 Å². The molecule has 19 heavy (non-hydrogen) atoms. The summed E-state index contributed by atoms with van der Waals surface area (Å²) in [5.74, 6) is 0.806. The van der Waals surface area contributed by atoms with E-state index >= 15 is 0 Å². The zero-order chi connectivity index (χ0) is 13.2. The number of amides is 1. The molecular weight excluding hydrogens is 236 g/mol. The number of nitrogens with one attached hydrogen (secondary N) is 2. The maximum atomic E-state index is 12.2. The second-order valence-electron chi connectivity index (χ2n) is 5.95. The topological polar surface area (TPSA) is 41.1 Å². The highest BCUT2D eigenvalue weighted by atomic mass is 16.1. The van der Waals surface area contributed by atoms with E-state index in [0.29, 0.717) is 18.0 Å². The average Bonchev–Trinajstić information content (AvgIpc) is 3.08. The summed E-state index contributed by atoms with van der Waals surface area (Å²) in [6, 6.07) is 11.4. The van der Waals surface area contributed by atoms with E-state index in [4.69, 9.17) is 0 Å². The molecule has 0 spiro atoms. The van der Waals surface area contributed by atoms with Gasteiger partial charge in [-0.25, -0.2) is 0 Å². The molecule has 2 heterocycles. The largest absolute Gasteiger partial charge is 0.355 e. The van der Waals surface area contributed by atoms with Crippen molar-refractivity contribution in [3.63, 3.8) is 0 Å². The number of hydrogen-bond acceptors (Lipinski definition) is 2. The molecule has 0 radical (unpaired) electrons. The molecular formula is C16H22N2O. The average molecular weight is 258 g/mol. The summed E-state index contributed by atoms with van der Waals surface area (Å²) in [4.78, 5) is 12.2. The molecule has 2 aliphatic heterocycles. The molecule has 4 unspecified atom stereocenters. The first-order valence-corrected chi connectivity index (χ1v) is 7.32. The van der Waals surface area contributed by atoms with Gasteiger partial charge in [-0.15, -0.1) is 0 Å². The lowest BCUT2D eigenvalue weighted by Gasteiger charge is -2.21. The van der Waals surface area contributed by atoms with Gasteiger partial charge in [-0.05, 0) is 30.7 Å². The van der Waals surface area contributed by atoms with E-state index in [1.165, 1.54) is 12.0 Å². The molecule has 2 bridgehead atoms. The molecule has 3 rings (SSSR count). The SMILES string of the molecule is CC(CNC(=O)C1CC2CCC1N2)c1ccccc1. The summed E-state index contributed by atoms with van der Waals surface area (Å²) in [6.07, 6.45) is 3.43. The molecule has 2 aliphatic rings. The van der Waals surface area contributed by atoms with Crippen LogP contribution in [0, 0.1) is 5.92 Å². The van der Waals surface area contributed by atoms with Crippen molar-refractivity contribution in [3.05, 3.63) is 35.9 Å². The molecule has 3 nitrogen and oxygen atoms in total. The van der Waals surface area contributed by atoms with Crippen LogP contribution in [-0.2, 0) is 4.79 Å². The van der Waals surface area contributed by atoms with Crippen LogP contribution in [0.3, 0.4) is 0 Å². The van der Waals surface area contributed by atoms with Crippen molar-refractivity contribution in [1.82, 2.24) is 10.6 Å². The first-order chi connectivity index (χ1) is 9.24. The Balaban J connectivity index is 1.51. The van der Waals surface area contributed by atoms with E-state index in [0.717, 1.165) is 19.4 Å². The van der Waals surface area contributed by atoms with E-state index in [1.54, 1.807) is 0 Å². The maximum Gasteiger partial charge on any atom is 0.224 e. The van der Waals surface area contributed by atoms with Crippen LogP contribution in [-0.4, -0.2) is 24.5 Å². The Morgan fingerprint density at radius 1 is 1.37 bits per heavy atom. The molecule has 2 N–H and O–H groups in total. The molecule has 3 heteroatoms. The Labute approximate surface area is 114 Å². The molecule has 2 saturated heterocycles. The fourth-order valence-electron chi connectivity index (χ4n) is 3.40. The first kappa shape index (κ1) is 12.7. The molecule has 102 valence electrons. The minimum Gasteiger partial charge on any atom is -0.355 e. The van der Waals surface area contributed by atoms with Crippen molar-refractivity contribution < 1.29 is 4.79 Å². The van der Waals surface area contributed by atoms with Crippen LogP contribution in [0.15, 0.2) is 30.3 Å². The van der Waals surface area contributed by atoms with Gasteiger partial charge in [0, 0.05) is 18.6 Å². The van der Waals surface area contributed by atoms with Crippen LogP contribution in [0.1, 0.15) is 37.7 Å². The Morgan fingerprint density at radius 2 is 2.16 bits per heavy atom. The lowest BCUT2D eigenvalue weighted by atomic mass is 9.88.